The number of hydrogen-bond donors (Lipinski definition) is 2. The molecule has 1 saturated heterocycles. The highest BCUT2D eigenvalue weighted by atomic mass is 16.1. The maximum absolute atomic E-state index is 12.8. The number of nitrogens with zero attached hydrogens (tertiary/aromatic N) is 3. The van der Waals surface area contributed by atoms with Crippen LogP contribution in [-0.4, -0.2) is 39.3 Å². The van der Waals surface area contributed by atoms with Crippen LogP contribution in [0.25, 0.3) is 11.0 Å². The third kappa shape index (κ3) is 3.08. The van der Waals surface area contributed by atoms with Gasteiger partial charge in [0.15, 0.2) is 5.65 Å². The standard InChI is InChI=1S/C17H25N5O/c1-10(2)22-16-14(9-19-22)13(8-11(3)20-16)17(23)21-15-6-5-7-18-12(15)4/h8-10,12,15,18H,5-7H2,1-4H3,(H,21,23). The summed E-state index contributed by atoms with van der Waals surface area (Å²) in [7, 11) is 0. The summed E-state index contributed by atoms with van der Waals surface area (Å²) in [5.41, 5.74) is 2.28. The molecule has 0 aliphatic carbocycles. The first-order chi connectivity index (χ1) is 11.0. The SMILES string of the molecule is Cc1cc(C(=O)NC2CCCNC2C)c2cnn(C(C)C)c2n1. The van der Waals surface area contributed by atoms with Gasteiger partial charge < -0.3 is 10.6 Å². The lowest BCUT2D eigenvalue weighted by Crippen LogP contribution is -2.51. The molecule has 2 unspecified atom stereocenters. The predicted molar refractivity (Wildman–Crippen MR) is 90.6 cm³/mol. The van der Waals surface area contributed by atoms with Crippen molar-refractivity contribution in [3.63, 3.8) is 0 Å². The van der Waals surface area contributed by atoms with Crippen LogP contribution in [0.5, 0.6) is 0 Å². The summed E-state index contributed by atoms with van der Waals surface area (Å²) in [6.07, 6.45) is 3.85. The number of hydrogen-bond acceptors (Lipinski definition) is 4. The molecule has 6 nitrogen and oxygen atoms in total. The number of aromatic nitrogens is 3. The van der Waals surface area contributed by atoms with Crippen molar-refractivity contribution < 1.29 is 4.79 Å². The largest absolute Gasteiger partial charge is 0.348 e. The highest BCUT2D eigenvalue weighted by molar-refractivity contribution is 6.05. The zero-order valence-electron chi connectivity index (χ0n) is 14.3. The Kier molecular flexibility index (Phi) is 4.35. The smallest absolute Gasteiger partial charge is 0.252 e. The summed E-state index contributed by atoms with van der Waals surface area (Å²) in [6, 6.07) is 2.52. The first-order valence-corrected chi connectivity index (χ1v) is 8.36. The van der Waals surface area contributed by atoms with Crippen molar-refractivity contribution >= 4 is 16.9 Å². The Morgan fingerprint density at radius 2 is 2.26 bits per heavy atom. The van der Waals surface area contributed by atoms with E-state index in [1.54, 1.807) is 6.20 Å². The topological polar surface area (TPSA) is 71.8 Å². The number of rotatable bonds is 3. The molecule has 2 aromatic rings. The second-order valence-electron chi connectivity index (χ2n) is 6.70. The van der Waals surface area contributed by atoms with Crippen molar-refractivity contribution in [1.82, 2.24) is 25.4 Å². The van der Waals surface area contributed by atoms with Crippen LogP contribution in [0.15, 0.2) is 12.3 Å². The average Bonchev–Trinajstić information content (AvgIpc) is 2.92. The van der Waals surface area contributed by atoms with Crippen LogP contribution in [0, 0.1) is 6.92 Å². The molecule has 2 aromatic heterocycles. The van der Waals surface area contributed by atoms with Gasteiger partial charge >= 0.3 is 0 Å². The normalized spacial score (nSPS) is 21.8. The second kappa shape index (κ2) is 6.28. The quantitative estimate of drug-likeness (QED) is 0.911. The highest BCUT2D eigenvalue weighted by Gasteiger charge is 2.24. The van der Waals surface area contributed by atoms with Gasteiger partial charge in [0, 0.05) is 23.8 Å². The van der Waals surface area contributed by atoms with Crippen molar-refractivity contribution in [2.45, 2.75) is 58.7 Å². The lowest BCUT2D eigenvalue weighted by atomic mass is 9.99. The number of pyridine rings is 1. The fourth-order valence-electron chi connectivity index (χ4n) is 3.20. The summed E-state index contributed by atoms with van der Waals surface area (Å²) in [6.45, 7) is 9.18. The van der Waals surface area contributed by atoms with Crippen molar-refractivity contribution in [1.29, 1.82) is 0 Å². The Hall–Kier alpha value is -1.95. The van der Waals surface area contributed by atoms with Crippen molar-refractivity contribution in [2.75, 3.05) is 6.54 Å². The molecule has 0 aromatic carbocycles. The van der Waals surface area contributed by atoms with E-state index in [9.17, 15) is 4.79 Å². The van der Waals surface area contributed by atoms with Crippen LogP contribution in [0.1, 0.15) is 55.7 Å². The van der Waals surface area contributed by atoms with E-state index in [0.717, 1.165) is 36.1 Å². The molecule has 3 rings (SSSR count). The molecule has 0 radical (unpaired) electrons. The molecule has 23 heavy (non-hydrogen) atoms. The van der Waals surface area contributed by atoms with Gasteiger partial charge in [0.25, 0.3) is 5.91 Å². The molecule has 2 atom stereocenters. The molecule has 1 fully saturated rings. The second-order valence-corrected chi connectivity index (χ2v) is 6.70. The van der Waals surface area contributed by atoms with E-state index in [4.69, 9.17) is 0 Å². The van der Waals surface area contributed by atoms with Gasteiger partial charge in [0.2, 0.25) is 0 Å². The monoisotopic (exact) mass is 315 g/mol. The minimum absolute atomic E-state index is 0.0376. The van der Waals surface area contributed by atoms with E-state index in [1.165, 1.54) is 0 Å². The molecule has 3 heterocycles. The molecule has 1 amide bonds. The minimum Gasteiger partial charge on any atom is -0.348 e. The maximum atomic E-state index is 12.8. The fraction of sp³-hybridized carbons (Fsp3) is 0.588. The molecule has 1 aliphatic heterocycles. The molecule has 6 heteroatoms. The third-order valence-corrected chi connectivity index (χ3v) is 4.51. The first-order valence-electron chi connectivity index (χ1n) is 8.36. The molecule has 2 N–H and O–H groups in total. The van der Waals surface area contributed by atoms with Gasteiger partial charge in [-0.2, -0.15) is 5.10 Å². The molecular formula is C17H25N5O. The summed E-state index contributed by atoms with van der Waals surface area (Å²) < 4.78 is 1.86. The van der Waals surface area contributed by atoms with Crippen LogP contribution in [0.4, 0.5) is 0 Å². The Morgan fingerprint density at radius 1 is 1.48 bits per heavy atom. The lowest BCUT2D eigenvalue weighted by Gasteiger charge is -2.30. The number of fused-ring (bicyclic) bond motifs is 1. The van der Waals surface area contributed by atoms with Crippen molar-refractivity contribution in [3.05, 3.63) is 23.5 Å². The van der Waals surface area contributed by atoms with Crippen LogP contribution in [-0.2, 0) is 0 Å². The van der Waals surface area contributed by atoms with Crippen LogP contribution in [0.3, 0.4) is 0 Å². The van der Waals surface area contributed by atoms with Gasteiger partial charge in [-0.1, -0.05) is 0 Å². The van der Waals surface area contributed by atoms with E-state index in [0.29, 0.717) is 11.6 Å². The van der Waals surface area contributed by atoms with E-state index in [1.807, 2.05) is 17.7 Å². The van der Waals surface area contributed by atoms with Crippen LogP contribution in [0.2, 0.25) is 0 Å². The van der Waals surface area contributed by atoms with Gasteiger partial charge in [-0.3, -0.25) is 4.79 Å². The number of nitrogens with one attached hydrogen (secondary N) is 2. The fourth-order valence-corrected chi connectivity index (χ4v) is 3.20. The molecule has 1 aliphatic rings. The first kappa shape index (κ1) is 15.9. The zero-order chi connectivity index (χ0) is 16.6. The molecular weight excluding hydrogens is 290 g/mol. The van der Waals surface area contributed by atoms with Crippen LogP contribution < -0.4 is 10.6 Å². The Balaban J connectivity index is 1.94. The van der Waals surface area contributed by atoms with E-state index in [-0.39, 0.29) is 18.0 Å². The number of aryl methyl sites for hydroxylation is 1. The van der Waals surface area contributed by atoms with Gasteiger partial charge in [0.1, 0.15) is 0 Å². The number of piperidine rings is 1. The van der Waals surface area contributed by atoms with E-state index < -0.39 is 0 Å². The molecule has 0 saturated carbocycles. The maximum Gasteiger partial charge on any atom is 0.252 e. The minimum atomic E-state index is -0.0376. The molecule has 0 spiro atoms. The third-order valence-electron chi connectivity index (χ3n) is 4.51. The summed E-state index contributed by atoms with van der Waals surface area (Å²) in [5.74, 6) is -0.0376. The Morgan fingerprint density at radius 3 is 2.96 bits per heavy atom. The van der Waals surface area contributed by atoms with E-state index in [2.05, 4.69) is 41.5 Å². The zero-order valence-corrected chi connectivity index (χ0v) is 14.3. The number of carbonyl (C=O) groups excluding carboxylic acids is 1. The van der Waals surface area contributed by atoms with Gasteiger partial charge in [-0.05, 0) is 53.1 Å². The Labute approximate surface area is 136 Å². The van der Waals surface area contributed by atoms with Gasteiger partial charge in [-0.15, -0.1) is 0 Å². The van der Waals surface area contributed by atoms with Crippen molar-refractivity contribution in [3.8, 4) is 0 Å². The highest BCUT2D eigenvalue weighted by Crippen LogP contribution is 2.21. The van der Waals surface area contributed by atoms with Gasteiger partial charge in [0.05, 0.1) is 17.1 Å². The predicted octanol–water partition coefficient (Wildman–Crippen LogP) is 2.19. The Bertz CT molecular complexity index is 721. The van der Waals surface area contributed by atoms with Crippen LogP contribution >= 0.6 is 0 Å². The lowest BCUT2D eigenvalue weighted by molar-refractivity contribution is 0.0921. The van der Waals surface area contributed by atoms with Crippen molar-refractivity contribution in [2.24, 2.45) is 0 Å². The summed E-state index contributed by atoms with van der Waals surface area (Å²) >= 11 is 0. The van der Waals surface area contributed by atoms with E-state index >= 15 is 0 Å². The number of carbonyl (C=O) groups is 1. The summed E-state index contributed by atoms with van der Waals surface area (Å²) in [5, 5.41) is 11.8. The number of amides is 1. The molecule has 0 bridgehead atoms. The molecule has 124 valence electrons. The average molecular weight is 315 g/mol. The summed E-state index contributed by atoms with van der Waals surface area (Å²) in [4.78, 5) is 17.4. The van der Waals surface area contributed by atoms with Gasteiger partial charge in [-0.25, -0.2) is 9.67 Å².